The fourth-order valence-corrected chi connectivity index (χ4v) is 2.54. The number of benzene rings is 1. The van der Waals surface area contributed by atoms with Crippen molar-refractivity contribution in [1.29, 1.82) is 0 Å². The smallest absolute Gasteiger partial charge is 0.0668 e. The predicted octanol–water partition coefficient (Wildman–Crippen LogP) is 1.72. The highest BCUT2D eigenvalue weighted by molar-refractivity contribution is 5.70. The number of ether oxygens (including phenoxy) is 2. The van der Waals surface area contributed by atoms with Crippen molar-refractivity contribution in [2.24, 2.45) is 0 Å². The molecule has 1 aromatic carbocycles. The summed E-state index contributed by atoms with van der Waals surface area (Å²) in [6.45, 7) is 5.27. The second-order valence-electron chi connectivity index (χ2n) is 4.82. The Morgan fingerprint density at radius 1 is 1.06 bits per heavy atom. The van der Waals surface area contributed by atoms with Gasteiger partial charge in [-0.05, 0) is 18.6 Å². The second-order valence-corrected chi connectivity index (χ2v) is 4.82. The van der Waals surface area contributed by atoms with Gasteiger partial charge in [0.25, 0.3) is 0 Å². The number of para-hydroxylation sites is 2. The van der Waals surface area contributed by atoms with Crippen LogP contribution in [0.15, 0.2) is 24.3 Å². The van der Waals surface area contributed by atoms with E-state index in [1.165, 1.54) is 11.4 Å². The summed E-state index contributed by atoms with van der Waals surface area (Å²) in [4.78, 5) is 2.39. The summed E-state index contributed by atoms with van der Waals surface area (Å²) in [5.74, 6) is 0. The quantitative estimate of drug-likeness (QED) is 0.883. The van der Waals surface area contributed by atoms with Crippen LogP contribution in [0.25, 0.3) is 0 Å². The lowest BCUT2D eigenvalue weighted by Crippen LogP contribution is -2.37. The van der Waals surface area contributed by atoms with E-state index in [9.17, 15) is 0 Å². The van der Waals surface area contributed by atoms with Crippen molar-refractivity contribution >= 4 is 11.4 Å². The minimum Gasteiger partial charge on any atom is -0.379 e. The molecule has 1 atom stereocenters. The molecule has 0 aromatic heterocycles. The zero-order valence-corrected chi connectivity index (χ0v) is 10.6. The number of morpholine rings is 1. The molecular weight excluding hydrogens is 228 g/mol. The number of hydrogen-bond donors (Lipinski definition) is 1. The SMILES string of the molecule is c1ccc(N2CCOCC2)c(NC2CCOC2)c1. The summed E-state index contributed by atoms with van der Waals surface area (Å²) in [6.07, 6.45) is 1.09. The highest BCUT2D eigenvalue weighted by Gasteiger charge is 2.19. The standard InChI is InChI=1S/C14H20N2O2/c1-2-4-14(16-6-9-17-10-7-16)13(3-1)15-12-5-8-18-11-12/h1-4,12,15H,5-11H2. The second kappa shape index (κ2) is 5.59. The van der Waals surface area contributed by atoms with E-state index < -0.39 is 0 Å². The summed E-state index contributed by atoms with van der Waals surface area (Å²) in [5, 5.41) is 3.60. The predicted molar refractivity (Wildman–Crippen MR) is 72.3 cm³/mol. The molecule has 2 aliphatic heterocycles. The van der Waals surface area contributed by atoms with Crippen LogP contribution in [-0.4, -0.2) is 45.6 Å². The van der Waals surface area contributed by atoms with Crippen LogP contribution in [0.5, 0.6) is 0 Å². The van der Waals surface area contributed by atoms with E-state index in [2.05, 4.69) is 34.5 Å². The van der Waals surface area contributed by atoms with Gasteiger partial charge >= 0.3 is 0 Å². The average molecular weight is 248 g/mol. The normalized spacial score (nSPS) is 24.2. The molecule has 98 valence electrons. The highest BCUT2D eigenvalue weighted by atomic mass is 16.5. The van der Waals surface area contributed by atoms with Crippen molar-refractivity contribution in [3.63, 3.8) is 0 Å². The number of nitrogens with zero attached hydrogens (tertiary/aromatic N) is 1. The summed E-state index contributed by atoms with van der Waals surface area (Å²) >= 11 is 0. The number of rotatable bonds is 3. The van der Waals surface area contributed by atoms with Gasteiger partial charge in [0, 0.05) is 19.7 Å². The Bertz CT molecular complexity index is 385. The molecule has 2 saturated heterocycles. The Labute approximate surface area is 108 Å². The zero-order valence-electron chi connectivity index (χ0n) is 10.6. The molecule has 4 heteroatoms. The van der Waals surface area contributed by atoms with Crippen LogP contribution < -0.4 is 10.2 Å². The molecule has 2 fully saturated rings. The van der Waals surface area contributed by atoms with Crippen LogP contribution >= 0.6 is 0 Å². The molecule has 0 bridgehead atoms. The average Bonchev–Trinajstić information content (AvgIpc) is 2.93. The molecule has 3 rings (SSSR count). The number of nitrogens with one attached hydrogen (secondary N) is 1. The number of anilines is 2. The van der Waals surface area contributed by atoms with Crippen molar-refractivity contribution in [3.8, 4) is 0 Å². The molecule has 1 N–H and O–H groups in total. The maximum Gasteiger partial charge on any atom is 0.0668 e. The van der Waals surface area contributed by atoms with Crippen molar-refractivity contribution in [3.05, 3.63) is 24.3 Å². The molecule has 18 heavy (non-hydrogen) atoms. The Balaban J connectivity index is 1.75. The minimum absolute atomic E-state index is 0.451. The third kappa shape index (κ3) is 2.60. The molecule has 0 aliphatic carbocycles. The van der Waals surface area contributed by atoms with E-state index in [-0.39, 0.29) is 0 Å². The van der Waals surface area contributed by atoms with Crippen molar-refractivity contribution < 1.29 is 9.47 Å². The maximum atomic E-state index is 5.42. The van der Waals surface area contributed by atoms with Crippen molar-refractivity contribution in [1.82, 2.24) is 0 Å². The monoisotopic (exact) mass is 248 g/mol. The molecular formula is C14H20N2O2. The summed E-state index contributed by atoms with van der Waals surface area (Å²) < 4.78 is 10.8. The summed E-state index contributed by atoms with van der Waals surface area (Å²) in [7, 11) is 0. The Morgan fingerprint density at radius 2 is 1.89 bits per heavy atom. The van der Waals surface area contributed by atoms with Gasteiger partial charge in [0.2, 0.25) is 0 Å². The first kappa shape index (κ1) is 11.8. The van der Waals surface area contributed by atoms with Gasteiger partial charge < -0.3 is 19.7 Å². The lowest BCUT2D eigenvalue weighted by atomic mass is 10.2. The molecule has 0 spiro atoms. The van der Waals surface area contributed by atoms with Gasteiger partial charge in [0.1, 0.15) is 0 Å². The topological polar surface area (TPSA) is 33.7 Å². The van der Waals surface area contributed by atoms with E-state index in [1.54, 1.807) is 0 Å². The zero-order chi connectivity index (χ0) is 12.2. The largest absolute Gasteiger partial charge is 0.379 e. The maximum absolute atomic E-state index is 5.42. The van der Waals surface area contributed by atoms with Crippen LogP contribution in [0.4, 0.5) is 11.4 Å². The van der Waals surface area contributed by atoms with Crippen LogP contribution in [0.2, 0.25) is 0 Å². The molecule has 0 amide bonds. The molecule has 1 unspecified atom stereocenters. The van der Waals surface area contributed by atoms with Gasteiger partial charge in [-0.25, -0.2) is 0 Å². The first-order valence-electron chi connectivity index (χ1n) is 6.69. The highest BCUT2D eigenvalue weighted by Crippen LogP contribution is 2.27. The van der Waals surface area contributed by atoms with Crippen LogP contribution in [0.3, 0.4) is 0 Å². The van der Waals surface area contributed by atoms with Gasteiger partial charge in [-0.2, -0.15) is 0 Å². The van der Waals surface area contributed by atoms with Crippen LogP contribution in [0.1, 0.15) is 6.42 Å². The van der Waals surface area contributed by atoms with Crippen LogP contribution in [-0.2, 0) is 9.47 Å². The van der Waals surface area contributed by atoms with Gasteiger partial charge in [-0.15, -0.1) is 0 Å². The summed E-state index contributed by atoms with van der Waals surface area (Å²) in [6, 6.07) is 8.97. The Morgan fingerprint density at radius 3 is 2.67 bits per heavy atom. The lowest BCUT2D eigenvalue weighted by molar-refractivity contribution is 0.123. The van der Waals surface area contributed by atoms with E-state index in [4.69, 9.17) is 9.47 Å². The fourth-order valence-electron chi connectivity index (χ4n) is 2.54. The Hall–Kier alpha value is -1.26. The molecule has 2 aliphatic rings. The first-order valence-corrected chi connectivity index (χ1v) is 6.69. The van der Waals surface area contributed by atoms with E-state index >= 15 is 0 Å². The summed E-state index contributed by atoms with van der Waals surface area (Å²) in [5.41, 5.74) is 2.50. The van der Waals surface area contributed by atoms with Gasteiger partial charge in [0.05, 0.1) is 37.2 Å². The Kier molecular flexibility index (Phi) is 3.67. The van der Waals surface area contributed by atoms with Gasteiger partial charge in [-0.1, -0.05) is 12.1 Å². The van der Waals surface area contributed by atoms with Crippen molar-refractivity contribution in [2.45, 2.75) is 12.5 Å². The van der Waals surface area contributed by atoms with Crippen LogP contribution in [0, 0.1) is 0 Å². The fraction of sp³-hybridized carbons (Fsp3) is 0.571. The third-order valence-corrected chi connectivity index (χ3v) is 3.55. The third-order valence-electron chi connectivity index (χ3n) is 3.55. The van der Waals surface area contributed by atoms with Gasteiger partial charge in [0.15, 0.2) is 0 Å². The molecule has 2 heterocycles. The molecule has 1 aromatic rings. The lowest BCUT2D eigenvalue weighted by Gasteiger charge is -2.31. The van der Waals surface area contributed by atoms with E-state index in [0.29, 0.717) is 6.04 Å². The van der Waals surface area contributed by atoms with Crippen molar-refractivity contribution in [2.75, 3.05) is 49.7 Å². The molecule has 0 saturated carbocycles. The van der Waals surface area contributed by atoms with Gasteiger partial charge in [-0.3, -0.25) is 0 Å². The van der Waals surface area contributed by atoms with E-state index in [1.807, 2.05) is 0 Å². The number of hydrogen-bond acceptors (Lipinski definition) is 4. The molecule has 4 nitrogen and oxygen atoms in total. The first-order chi connectivity index (χ1) is 8.93. The minimum atomic E-state index is 0.451. The molecule has 0 radical (unpaired) electrons. The van der Waals surface area contributed by atoms with E-state index in [0.717, 1.165) is 45.9 Å².